The lowest BCUT2D eigenvalue weighted by Gasteiger charge is -2.13. The second kappa shape index (κ2) is 7.28. The fraction of sp³-hybridized carbons (Fsp3) is 0.308. The summed E-state index contributed by atoms with van der Waals surface area (Å²) in [5, 5.41) is 2.66. The van der Waals surface area contributed by atoms with Crippen LogP contribution >= 0.6 is 15.9 Å². The van der Waals surface area contributed by atoms with Gasteiger partial charge in [-0.15, -0.1) is 6.58 Å². The van der Waals surface area contributed by atoms with E-state index in [1.54, 1.807) is 13.0 Å². The van der Waals surface area contributed by atoms with Crippen LogP contribution in [-0.2, 0) is 9.53 Å². The van der Waals surface area contributed by atoms with Gasteiger partial charge in [0.25, 0.3) is 5.91 Å². The van der Waals surface area contributed by atoms with Crippen LogP contribution in [-0.4, -0.2) is 18.6 Å². The van der Waals surface area contributed by atoms with Crippen LogP contribution < -0.4 is 5.32 Å². The summed E-state index contributed by atoms with van der Waals surface area (Å²) in [6, 6.07) is 4.07. The molecule has 1 unspecified atom stereocenters. The van der Waals surface area contributed by atoms with Crippen molar-refractivity contribution in [2.75, 3.05) is 11.9 Å². The Hall–Kier alpha value is -1.20. The third-order valence-electron chi connectivity index (χ3n) is 2.25. The topological polar surface area (TPSA) is 38.3 Å². The molecule has 0 saturated carbocycles. The van der Waals surface area contributed by atoms with Crippen LogP contribution in [0.1, 0.15) is 13.3 Å². The Labute approximate surface area is 114 Å². The SMILES string of the molecule is C=CCCOC(C)C(=O)Nc1ccc(F)cc1Br. The molecule has 1 atom stereocenters. The number of benzene rings is 1. The van der Waals surface area contributed by atoms with Crippen molar-refractivity contribution in [1.29, 1.82) is 0 Å². The molecule has 0 aliphatic heterocycles. The summed E-state index contributed by atoms with van der Waals surface area (Å²) >= 11 is 3.18. The number of carbonyl (C=O) groups excluding carboxylic acids is 1. The molecule has 1 amide bonds. The molecule has 1 aromatic carbocycles. The van der Waals surface area contributed by atoms with Gasteiger partial charge in [-0.3, -0.25) is 4.79 Å². The second-order valence-corrected chi connectivity index (χ2v) is 4.56. The summed E-state index contributed by atoms with van der Waals surface area (Å²) in [5.41, 5.74) is 0.514. The lowest BCUT2D eigenvalue weighted by atomic mass is 10.3. The van der Waals surface area contributed by atoms with E-state index < -0.39 is 6.10 Å². The molecule has 1 rings (SSSR count). The quantitative estimate of drug-likeness (QED) is 0.644. The van der Waals surface area contributed by atoms with Crippen molar-refractivity contribution in [1.82, 2.24) is 0 Å². The molecule has 1 N–H and O–H groups in total. The largest absolute Gasteiger partial charge is 0.368 e. The van der Waals surface area contributed by atoms with E-state index in [0.717, 1.165) is 0 Å². The van der Waals surface area contributed by atoms with E-state index in [-0.39, 0.29) is 11.7 Å². The monoisotopic (exact) mass is 315 g/mol. The first-order chi connectivity index (χ1) is 8.54. The Kier molecular flexibility index (Phi) is 6.01. The van der Waals surface area contributed by atoms with Crippen LogP contribution in [0.15, 0.2) is 35.3 Å². The van der Waals surface area contributed by atoms with Gasteiger partial charge in [0.2, 0.25) is 0 Å². The van der Waals surface area contributed by atoms with E-state index >= 15 is 0 Å². The molecule has 1 aromatic rings. The molecule has 0 aliphatic carbocycles. The lowest BCUT2D eigenvalue weighted by molar-refractivity contribution is -0.126. The number of ether oxygens (including phenoxy) is 1. The fourth-order valence-electron chi connectivity index (χ4n) is 1.23. The third kappa shape index (κ3) is 4.58. The zero-order chi connectivity index (χ0) is 13.5. The molecule has 5 heteroatoms. The number of hydrogen-bond donors (Lipinski definition) is 1. The number of anilines is 1. The molecular weight excluding hydrogens is 301 g/mol. The van der Waals surface area contributed by atoms with Gasteiger partial charge in [0.15, 0.2) is 0 Å². The summed E-state index contributed by atoms with van der Waals surface area (Å²) < 4.78 is 18.7. The van der Waals surface area contributed by atoms with Crippen molar-refractivity contribution < 1.29 is 13.9 Å². The number of halogens is 2. The standard InChI is InChI=1S/C13H15BrFNO2/c1-3-4-7-18-9(2)13(17)16-12-6-5-10(15)8-11(12)14/h3,5-6,8-9H,1,4,7H2,2H3,(H,16,17). The van der Waals surface area contributed by atoms with Crippen molar-refractivity contribution in [3.63, 3.8) is 0 Å². The average Bonchev–Trinajstić information content (AvgIpc) is 2.32. The van der Waals surface area contributed by atoms with E-state index in [4.69, 9.17) is 4.74 Å². The Morgan fingerprint density at radius 3 is 3.00 bits per heavy atom. The minimum Gasteiger partial charge on any atom is -0.368 e. The van der Waals surface area contributed by atoms with Gasteiger partial charge in [-0.1, -0.05) is 6.08 Å². The number of nitrogens with one attached hydrogen (secondary N) is 1. The summed E-state index contributed by atoms with van der Waals surface area (Å²) in [5.74, 6) is -0.637. The summed E-state index contributed by atoms with van der Waals surface area (Å²) in [6.45, 7) is 5.68. The van der Waals surface area contributed by atoms with Gasteiger partial charge >= 0.3 is 0 Å². The third-order valence-corrected chi connectivity index (χ3v) is 2.90. The van der Waals surface area contributed by atoms with Crippen molar-refractivity contribution in [3.8, 4) is 0 Å². The predicted octanol–water partition coefficient (Wildman–Crippen LogP) is 3.51. The maximum absolute atomic E-state index is 12.9. The molecule has 0 spiro atoms. The average molecular weight is 316 g/mol. The van der Waals surface area contributed by atoms with Crippen LogP contribution in [0.4, 0.5) is 10.1 Å². The highest BCUT2D eigenvalue weighted by Crippen LogP contribution is 2.23. The number of hydrogen-bond acceptors (Lipinski definition) is 2. The van der Waals surface area contributed by atoms with Crippen LogP contribution in [0.3, 0.4) is 0 Å². The molecule has 0 aromatic heterocycles. The van der Waals surface area contributed by atoms with Gasteiger partial charge in [-0.2, -0.15) is 0 Å². The molecule has 0 saturated heterocycles. The molecule has 0 radical (unpaired) electrons. The van der Waals surface area contributed by atoms with Gasteiger partial charge in [-0.25, -0.2) is 4.39 Å². The number of amides is 1. The Morgan fingerprint density at radius 2 is 2.39 bits per heavy atom. The lowest BCUT2D eigenvalue weighted by Crippen LogP contribution is -2.28. The molecular formula is C13H15BrFNO2. The van der Waals surface area contributed by atoms with E-state index in [9.17, 15) is 9.18 Å². The molecule has 0 heterocycles. The minimum atomic E-state index is -0.568. The molecule has 3 nitrogen and oxygen atoms in total. The van der Waals surface area contributed by atoms with E-state index in [1.165, 1.54) is 18.2 Å². The van der Waals surface area contributed by atoms with Gasteiger partial charge in [0.1, 0.15) is 11.9 Å². The van der Waals surface area contributed by atoms with Crippen molar-refractivity contribution in [2.24, 2.45) is 0 Å². The first-order valence-electron chi connectivity index (χ1n) is 5.53. The Balaban J connectivity index is 2.55. The maximum Gasteiger partial charge on any atom is 0.253 e. The summed E-state index contributed by atoms with van der Waals surface area (Å²) in [6.07, 6.45) is 1.85. The molecule has 0 fully saturated rings. The number of carbonyl (C=O) groups is 1. The predicted molar refractivity (Wildman–Crippen MR) is 73.0 cm³/mol. The molecule has 98 valence electrons. The van der Waals surface area contributed by atoms with Crippen LogP contribution in [0.25, 0.3) is 0 Å². The summed E-state index contributed by atoms with van der Waals surface area (Å²) in [7, 11) is 0. The zero-order valence-corrected chi connectivity index (χ0v) is 11.7. The van der Waals surface area contributed by atoms with E-state index in [2.05, 4.69) is 27.8 Å². The van der Waals surface area contributed by atoms with Gasteiger partial charge in [-0.05, 0) is 47.5 Å². The molecule has 0 aliphatic rings. The van der Waals surface area contributed by atoms with E-state index in [0.29, 0.717) is 23.2 Å². The first-order valence-corrected chi connectivity index (χ1v) is 6.32. The van der Waals surface area contributed by atoms with Gasteiger partial charge in [0.05, 0.1) is 12.3 Å². The summed E-state index contributed by atoms with van der Waals surface area (Å²) in [4.78, 5) is 11.8. The van der Waals surface area contributed by atoms with Crippen molar-refractivity contribution in [2.45, 2.75) is 19.4 Å². The van der Waals surface area contributed by atoms with Crippen LogP contribution in [0.2, 0.25) is 0 Å². The highest BCUT2D eigenvalue weighted by Gasteiger charge is 2.14. The second-order valence-electron chi connectivity index (χ2n) is 3.70. The normalized spacial score (nSPS) is 11.9. The Bertz CT molecular complexity index is 437. The maximum atomic E-state index is 12.9. The van der Waals surface area contributed by atoms with Crippen molar-refractivity contribution >= 4 is 27.5 Å². The van der Waals surface area contributed by atoms with Crippen LogP contribution in [0, 0.1) is 5.82 Å². The van der Waals surface area contributed by atoms with Gasteiger partial charge in [0, 0.05) is 4.47 Å². The highest BCUT2D eigenvalue weighted by atomic mass is 79.9. The Morgan fingerprint density at radius 1 is 1.67 bits per heavy atom. The molecule has 0 bridgehead atoms. The fourth-order valence-corrected chi connectivity index (χ4v) is 1.68. The van der Waals surface area contributed by atoms with Gasteiger partial charge < -0.3 is 10.1 Å². The highest BCUT2D eigenvalue weighted by molar-refractivity contribution is 9.10. The smallest absolute Gasteiger partial charge is 0.253 e. The zero-order valence-electron chi connectivity index (χ0n) is 10.1. The van der Waals surface area contributed by atoms with Crippen LogP contribution in [0.5, 0.6) is 0 Å². The minimum absolute atomic E-state index is 0.272. The van der Waals surface area contributed by atoms with E-state index in [1.807, 2.05) is 0 Å². The first kappa shape index (κ1) is 14.9. The van der Waals surface area contributed by atoms with Crippen molar-refractivity contribution in [3.05, 3.63) is 41.1 Å². The number of rotatable bonds is 6. The molecule has 18 heavy (non-hydrogen) atoms.